The molecule has 1 heterocycles. The number of hydrogen-bond acceptors (Lipinski definition) is 9. The lowest BCUT2D eigenvalue weighted by Gasteiger charge is -2.40. The minimum Gasteiger partial charge on any atom is -0.394 e. The summed E-state index contributed by atoms with van der Waals surface area (Å²) in [6, 6.07) is -0.800. The molecule has 2 rings (SSSR count). The number of aliphatic hydroxyl groups excluding tert-OH is 5. The molecule has 54 heavy (non-hydrogen) atoms. The summed E-state index contributed by atoms with van der Waals surface area (Å²) in [5, 5.41) is 51.6. The Morgan fingerprint density at radius 1 is 0.815 bits per heavy atom. The number of allylic oxidation sites excluding steroid dienone is 2. The number of ether oxygens (including phenoxy) is 2. The van der Waals surface area contributed by atoms with Gasteiger partial charge >= 0.3 is 0 Å². The molecule has 1 fully saturated rings. The maximum atomic E-state index is 13.7. The van der Waals surface area contributed by atoms with Crippen molar-refractivity contribution in [3.63, 3.8) is 0 Å². The van der Waals surface area contributed by atoms with Crippen LogP contribution in [0.4, 0.5) is 0 Å². The Bertz CT molecular complexity index is 1110. The van der Waals surface area contributed by atoms with Crippen LogP contribution in [0.25, 0.3) is 0 Å². The summed E-state index contributed by atoms with van der Waals surface area (Å²) in [5.41, 5.74) is 2.08. The van der Waals surface area contributed by atoms with Gasteiger partial charge < -0.3 is 35.0 Å². The molecule has 320 valence electrons. The fourth-order valence-corrected chi connectivity index (χ4v) is 9.60. The van der Waals surface area contributed by atoms with Crippen LogP contribution in [-0.4, -0.2) is 97.8 Å². The van der Waals surface area contributed by atoms with Crippen molar-refractivity contribution in [2.24, 2.45) is 15.7 Å². The molecule has 0 radical (unpaired) electrons. The maximum absolute atomic E-state index is 13.7. The van der Waals surface area contributed by atoms with Gasteiger partial charge in [0, 0.05) is 21.7 Å². The SMILES string of the molecule is CCCCCCCCCCCCCCC[C@@H](O)[C@H](COC1OC(CO)C(O)C(O)C1O)N=S(C)(=O)CCCCCCCCCCC1=CC[C@@H](C)C(C)(C)C1. The molecule has 2 aliphatic rings. The van der Waals surface area contributed by atoms with Gasteiger partial charge in [-0.05, 0) is 49.9 Å². The van der Waals surface area contributed by atoms with Gasteiger partial charge in [-0.25, -0.2) is 4.36 Å². The summed E-state index contributed by atoms with van der Waals surface area (Å²) in [6.45, 7) is 8.71. The second-order valence-electron chi connectivity index (χ2n) is 17.7. The average Bonchev–Trinajstić information content (AvgIpc) is 3.13. The van der Waals surface area contributed by atoms with Crippen LogP contribution in [-0.2, 0) is 19.2 Å². The van der Waals surface area contributed by atoms with Crippen molar-refractivity contribution in [1.29, 1.82) is 0 Å². The Balaban J connectivity index is 1.76. The summed E-state index contributed by atoms with van der Waals surface area (Å²) < 4.78 is 29.6. The fourth-order valence-electron chi connectivity index (χ4n) is 7.98. The van der Waals surface area contributed by atoms with Crippen molar-refractivity contribution in [3.05, 3.63) is 11.6 Å². The Morgan fingerprint density at radius 3 is 1.87 bits per heavy atom. The van der Waals surface area contributed by atoms with E-state index in [1.165, 1.54) is 116 Å². The predicted octanol–water partition coefficient (Wildman–Crippen LogP) is 9.00. The van der Waals surface area contributed by atoms with Gasteiger partial charge in [-0.2, -0.15) is 0 Å². The van der Waals surface area contributed by atoms with E-state index < -0.39 is 59.2 Å². The highest BCUT2D eigenvalue weighted by atomic mass is 32.2. The quantitative estimate of drug-likeness (QED) is 0.0345. The van der Waals surface area contributed by atoms with Gasteiger partial charge in [0.25, 0.3) is 0 Å². The Kier molecular flexibility index (Phi) is 25.6. The molecule has 0 aromatic heterocycles. The molecule has 1 saturated heterocycles. The van der Waals surface area contributed by atoms with E-state index in [0.717, 1.165) is 44.4 Å². The molecule has 0 amide bonds. The van der Waals surface area contributed by atoms with Gasteiger partial charge in [0.1, 0.15) is 30.5 Å². The average molecular weight is 788 g/mol. The van der Waals surface area contributed by atoms with Crippen LogP contribution in [0.3, 0.4) is 0 Å². The number of aliphatic hydroxyl groups is 5. The van der Waals surface area contributed by atoms with Crippen LogP contribution < -0.4 is 0 Å². The molecular formula is C44H85NO8S. The van der Waals surface area contributed by atoms with Crippen LogP contribution in [0.1, 0.15) is 188 Å². The maximum Gasteiger partial charge on any atom is 0.186 e. The Hall–Kier alpha value is -0.590. The lowest BCUT2D eigenvalue weighted by atomic mass is 9.69. The molecule has 1 aliphatic carbocycles. The summed E-state index contributed by atoms with van der Waals surface area (Å²) in [5.74, 6) is 1.21. The zero-order valence-electron chi connectivity index (χ0n) is 35.3. The molecule has 0 spiro atoms. The van der Waals surface area contributed by atoms with Gasteiger partial charge in [-0.1, -0.05) is 161 Å². The van der Waals surface area contributed by atoms with Crippen LogP contribution in [0, 0.1) is 11.3 Å². The molecule has 5 N–H and O–H groups in total. The van der Waals surface area contributed by atoms with Crippen molar-refractivity contribution in [3.8, 4) is 0 Å². The Labute approximate surface area is 331 Å². The fraction of sp³-hybridized carbons (Fsp3) is 0.955. The zero-order valence-corrected chi connectivity index (χ0v) is 36.1. The molecule has 0 bridgehead atoms. The van der Waals surface area contributed by atoms with E-state index in [1.807, 2.05) is 0 Å². The summed E-state index contributed by atoms with van der Waals surface area (Å²) in [7, 11) is -2.61. The first-order valence-corrected chi connectivity index (χ1v) is 24.4. The first-order valence-electron chi connectivity index (χ1n) is 22.3. The topological polar surface area (TPSA) is 149 Å². The minimum atomic E-state index is -2.61. The predicted molar refractivity (Wildman–Crippen MR) is 223 cm³/mol. The van der Waals surface area contributed by atoms with E-state index in [0.29, 0.717) is 17.6 Å². The number of nitrogens with zero attached hydrogens (tertiary/aromatic N) is 1. The molecule has 1 aliphatic heterocycles. The van der Waals surface area contributed by atoms with Crippen molar-refractivity contribution >= 4 is 9.73 Å². The van der Waals surface area contributed by atoms with Crippen molar-refractivity contribution in [2.75, 3.05) is 25.2 Å². The summed E-state index contributed by atoms with van der Waals surface area (Å²) in [4.78, 5) is 0. The highest BCUT2D eigenvalue weighted by Crippen LogP contribution is 2.41. The molecule has 0 aromatic rings. The normalized spacial score (nSPS) is 26.6. The molecule has 10 heteroatoms. The zero-order chi connectivity index (χ0) is 39.8. The lowest BCUT2D eigenvalue weighted by Crippen LogP contribution is -2.59. The van der Waals surface area contributed by atoms with Gasteiger partial charge in [-0.15, -0.1) is 0 Å². The van der Waals surface area contributed by atoms with Crippen LogP contribution in [0.5, 0.6) is 0 Å². The largest absolute Gasteiger partial charge is 0.394 e. The molecule has 0 saturated carbocycles. The van der Waals surface area contributed by atoms with Crippen molar-refractivity contribution < 1.29 is 39.2 Å². The van der Waals surface area contributed by atoms with Crippen molar-refractivity contribution in [1.82, 2.24) is 0 Å². The third-order valence-corrected chi connectivity index (χ3v) is 14.0. The van der Waals surface area contributed by atoms with Crippen molar-refractivity contribution in [2.45, 2.75) is 231 Å². The van der Waals surface area contributed by atoms with Crippen LogP contribution in [0.2, 0.25) is 0 Å². The monoisotopic (exact) mass is 788 g/mol. The molecular weight excluding hydrogens is 703 g/mol. The molecule has 9 nitrogen and oxygen atoms in total. The first-order chi connectivity index (χ1) is 25.8. The highest BCUT2D eigenvalue weighted by molar-refractivity contribution is 7.92. The van der Waals surface area contributed by atoms with E-state index >= 15 is 0 Å². The minimum absolute atomic E-state index is 0.165. The van der Waals surface area contributed by atoms with Gasteiger partial charge in [0.05, 0.1) is 19.3 Å². The lowest BCUT2D eigenvalue weighted by molar-refractivity contribution is -0.302. The standard InChI is InChI=1S/C44H85NO8S/c1-6-7-8-9-10-11-12-13-14-15-19-22-25-28-38(47)37(34-52-43-42(50)41(49)40(48)39(33-46)53-43)45-54(5,51)31-26-23-20-17-16-18-21-24-27-36-30-29-35(2)44(3,4)32-36/h30,35,37-43,46-50H,6-29,31-34H2,1-5H3/t35-,37+,38-,39?,40?,41?,42?,43?,54?/m1/s1. The summed E-state index contributed by atoms with van der Waals surface area (Å²) in [6.07, 6.45) is 25.7. The van der Waals surface area contributed by atoms with Gasteiger partial charge in [0.15, 0.2) is 6.29 Å². The molecule has 9 atom stereocenters. The third kappa shape index (κ3) is 20.2. The van der Waals surface area contributed by atoms with Gasteiger partial charge in [-0.3, -0.25) is 4.21 Å². The second-order valence-corrected chi connectivity index (χ2v) is 20.2. The number of unbranched alkanes of at least 4 members (excludes halogenated alkanes) is 19. The van der Waals surface area contributed by atoms with E-state index in [2.05, 4.69) is 38.1 Å². The van der Waals surface area contributed by atoms with E-state index in [-0.39, 0.29) is 6.61 Å². The van der Waals surface area contributed by atoms with E-state index in [9.17, 15) is 29.7 Å². The second kappa shape index (κ2) is 27.9. The van der Waals surface area contributed by atoms with Crippen LogP contribution in [0.15, 0.2) is 16.0 Å². The smallest absolute Gasteiger partial charge is 0.186 e. The number of hydrogen-bond donors (Lipinski definition) is 5. The molecule has 6 unspecified atom stereocenters. The molecule has 0 aromatic carbocycles. The number of rotatable bonds is 31. The Morgan fingerprint density at radius 2 is 1.33 bits per heavy atom. The third-order valence-electron chi connectivity index (χ3n) is 12.2. The van der Waals surface area contributed by atoms with E-state index in [1.54, 1.807) is 11.8 Å². The summed E-state index contributed by atoms with van der Waals surface area (Å²) >= 11 is 0. The van der Waals surface area contributed by atoms with Crippen LogP contribution >= 0.6 is 0 Å². The first kappa shape index (κ1) is 49.6. The van der Waals surface area contributed by atoms with E-state index in [4.69, 9.17) is 9.47 Å². The highest BCUT2D eigenvalue weighted by Gasteiger charge is 2.44. The van der Waals surface area contributed by atoms with Gasteiger partial charge in [0.2, 0.25) is 0 Å².